The first-order chi connectivity index (χ1) is 9.99. The molecule has 1 heterocycles. The van der Waals surface area contributed by atoms with Gasteiger partial charge in [-0.1, -0.05) is 13.0 Å². The zero-order chi connectivity index (χ0) is 15.6. The van der Waals surface area contributed by atoms with Gasteiger partial charge >= 0.3 is 0 Å². The number of hydrogen-bond acceptors (Lipinski definition) is 4. The Morgan fingerprint density at radius 1 is 1.14 bits per heavy atom. The van der Waals surface area contributed by atoms with Gasteiger partial charge < -0.3 is 4.74 Å². The molecule has 0 radical (unpaired) electrons. The topological polar surface area (TPSA) is 52.1 Å². The average Bonchev–Trinajstić information content (AvgIpc) is 2.49. The monoisotopic (exact) mass is 284 g/mol. The van der Waals surface area contributed by atoms with Crippen LogP contribution in [0.25, 0.3) is 0 Å². The van der Waals surface area contributed by atoms with Gasteiger partial charge in [-0.25, -0.2) is 0 Å². The maximum atomic E-state index is 12.9. The zero-order valence-electron chi connectivity index (χ0n) is 13.2. The Kier molecular flexibility index (Phi) is 4.36. The fraction of sp³-hybridized carbons (Fsp3) is 0.353. The lowest BCUT2D eigenvalue weighted by Crippen LogP contribution is -2.11. The number of benzene rings is 1. The molecule has 0 aliphatic heterocycles. The second-order valence-corrected chi connectivity index (χ2v) is 5.12. The third-order valence-electron chi connectivity index (χ3n) is 3.70. The van der Waals surface area contributed by atoms with E-state index in [9.17, 15) is 4.79 Å². The Balaban J connectivity index is 2.60. The summed E-state index contributed by atoms with van der Waals surface area (Å²) in [5.74, 6) is 0.571. The SMILES string of the molecule is CCc1nnc(C)cc1C(=O)c1ccc(C)c(C)c1OC. The lowest BCUT2D eigenvalue weighted by molar-refractivity contribution is 0.103. The van der Waals surface area contributed by atoms with Gasteiger partial charge in [-0.3, -0.25) is 4.79 Å². The number of hydrogen-bond donors (Lipinski definition) is 0. The fourth-order valence-corrected chi connectivity index (χ4v) is 2.35. The summed E-state index contributed by atoms with van der Waals surface area (Å²) in [4.78, 5) is 12.9. The van der Waals surface area contributed by atoms with Gasteiger partial charge in [-0.2, -0.15) is 10.2 Å². The number of rotatable bonds is 4. The summed E-state index contributed by atoms with van der Waals surface area (Å²) in [7, 11) is 1.59. The highest BCUT2D eigenvalue weighted by molar-refractivity contribution is 6.11. The first-order valence-corrected chi connectivity index (χ1v) is 7.01. The summed E-state index contributed by atoms with van der Waals surface area (Å²) in [6.45, 7) is 7.76. The zero-order valence-corrected chi connectivity index (χ0v) is 13.2. The number of ketones is 1. The quantitative estimate of drug-likeness (QED) is 0.809. The Bertz CT molecular complexity index is 693. The minimum atomic E-state index is -0.0650. The normalized spacial score (nSPS) is 10.5. The highest BCUT2D eigenvalue weighted by Crippen LogP contribution is 2.28. The molecule has 0 N–H and O–H groups in total. The molecule has 110 valence electrons. The molecule has 21 heavy (non-hydrogen) atoms. The van der Waals surface area contributed by atoms with Crippen LogP contribution in [-0.2, 0) is 6.42 Å². The van der Waals surface area contributed by atoms with Gasteiger partial charge in [0, 0.05) is 5.56 Å². The second-order valence-electron chi connectivity index (χ2n) is 5.12. The van der Waals surface area contributed by atoms with Crippen LogP contribution < -0.4 is 4.74 Å². The van der Waals surface area contributed by atoms with Crippen molar-refractivity contribution in [3.63, 3.8) is 0 Å². The highest BCUT2D eigenvalue weighted by atomic mass is 16.5. The number of methoxy groups -OCH3 is 1. The van der Waals surface area contributed by atoms with Crippen molar-refractivity contribution in [3.8, 4) is 5.75 Å². The van der Waals surface area contributed by atoms with Gasteiger partial charge in [0.15, 0.2) is 5.78 Å². The summed E-state index contributed by atoms with van der Waals surface area (Å²) < 4.78 is 5.45. The minimum Gasteiger partial charge on any atom is -0.496 e. The van der Waals surface area contributed by atoms with E-state index < -0.39 is 0 Å². The Morgan fingerprint density at radius 2 is 1.86 bits per heavy atom. The number of carbonyl (C=O) groups excluding carboxylic acids is 1. The van der Waals surface area contributed by atoms with Crippen molar-refractivity contribution in [2.75, 3.05) is 7.11 Å². The molecular formula is C17H20N2O2. The largest absolute Gasteiger partial charge is 0.496 e. The molecule has 0 unspecified atom stereocenters. The van der Waals surface area contributed by atoms with E-state index in [4.69, 9.17) is 4.74 Å². The van der Waals surface area contributed by atoms with E-state index in [0.717, 1.165) is 16.8 Å². The van der Waals surface area contributed by atoms with E-state index in [1.807, 2.05) is 39.8 Å². The van der Waals surface area contributed by atoms with Crippen LogP contribution in [0.3, 0.4) is 0 Å². The van der Waals surface area contributed by atoms with Crippen LogP contribution in [0, 0.1) is 20.8 Å². The summed E-state index contributed by atoms with van der Waals surface area (Å²) in [6, 6.07) is 5.56. The molecule has 1 aromatic carbocycles. The van der Waals surface area contributed by atoms with Crippen LogP contribution in [0.5, 0.6) is 5.75 Å². The predicted molar refractivity (Wildman–Crippen MR) is 82.0 cm³/mol. The van der Waals surface area contributed by atoms with Crippen molar-refractivity contribution in [1.29, 1.82) is 0 Å². The lowest BCUT2D eigenvalue weighted by atomic mass is 9.96. The smallest absolute Gasteiger partial charge is 0.198 e. The third kappa shape index (κ3) is 2.79. The molecule has 0 atom stereocenters. The third-order valence-corrected chi connectivity index (χ3v) is 3.70. The first kappa shape index (κ1) is 15.2. The minimum absolute atomic E-state index is 0.0650. The van der Waals surface area contributed by atoms with Crippen LogP contribution in [0.1, 0.15) is 45.4 Å². The van der Waals surface area contributed by atoms with E-state index in [0.29, 0.717) is 29.0 Å². The van der Waals surface area contributed by atoms with E-state index in [-0.39, 0.29) is 5.78 Å². The van der Waals surface area contributed by atoms with Gasteiger partial charge in [-0.05, 0) is 50.5 Å². The molecule has 0 amide bonds. The molecule has 4 nitrogen and oxygen atoms in total. The van der Waals surface area contributed by atoms with E-state index in [1.54, 1.807) is 13.2 Å². The highest BCUT2D eigenvalue weighted by Gasteiger charge is 2.20. The van der Waals surface area contributed by atoms with Crippen LogP contribution >= 0.6 is 0 Å². The number of ether oxygens (including phenoxy) is 1. The average molecular weight is 284 g/mol. The van der Waals surface area contributed by atoms with Gasteiger partial charge in [-0.15, -0.1) is 0 Å². The molecule has 0 saturated carbocycles. The van der Waals surface area contributed by atoms with Crippen molar-refractivity contribution >= 4 is 5.78 Å². The molecule has 0 aliphatic carbocycles. The Morgan fingerprint density at radius 3 is 2.48 bits per heavy atom. The number of carbonyl (C=O) groups is 1. The molecule has 2 aromatic rings. The molecule has 4 heteroatoms. The van der Waals surface area contributed by atoms with Crippen LogP contribution in [0.4, 0.5) is 0 Å². The molecule has 0 fully saturated rings. The molecule has 0 saturated heterocycles. The molecule has 1 aromatic heterocycles. The number of aryl methyl sites for hydroxylation is 3. The van der Waals surface area contributed by atoms with Crippen molar-refractivity contribution in [2.24, 2.45) is 0 Å². The fourth-order valence-electron chi connectivity index (χ4n) is 2.35. The molecule has 0 spiro atoms. The van der Waals surface area contributed by atoms with Crippen molar-refractivity contribution in [2.45, 2.75) is 34.1 Å². The molecule has 2 rings (SSSR count). The van der Waals surface area contributed by atoms with Crippen molar-refractivity contribution < 1.29 is 9.53 Å². The van der Waals surface area contributed by atoms with E-state index in [1.165, 1.54) is 0 Å². The predicted octanol–water partition coefficient (Wildman–Crippen LogP) is 3.20. The molecule has 0 aliphatic rings. The molecule has 0 bridgehead atoms. The summed E-state index contributed by atoms with van der Waals surface area (Å²) in [6.07, 6.45) is 0.668. The van der Waals surface area contributed by atoms with E-state index >= 15 is 0 Å². The summed E-state index contributed by atoms with van der Waals surface area (Å²) in [5.41, 5.74) is 4.71. The van der Waals surface area contributed by atoms with Gasteiger partial charge in [0.1, 0.15) is 5.75 Å². The van der Waals surface area contributed by atoms with Crippen molar-refractivity contribution in [1.82, 2.24) is 10.2 Å². The molecular weight excluding hydrogens is 264 g/mol. The maximum absolute atomic E-state index is 12.9. The Hall–Kier alpha value is -2.23. The number of nitrogens with zero attached hydrogens (tertiary/aromatic N) is 2. The van der Waals surface area contributed by atoms with Gasteiger partial charge in [0.05, 0.1) is 24.1 Å². The lowest BCUT2D eigenvalue weighted by Gasteiger charge is -2.14. The number of aromatic nitrogens is 2. The Labute approximate surface area is 125 Å². The van der Waals surface area contributed by atoms with E-state index in [2.05, 4.69) is 10.2 Å². The second kappa shape index (κ2) is 6.04. The van der Waals surface area contributed by atoms with Gasteiger partial charge in [0.2, 0.25) is 0 Å². The van der Waals surface area contributed by atoms with Crippen LogP contribution in [0.15, 0.2) is 18.2 Å². The summed E-state index contributed by atoms with van der Waals surface area (Å²) >= 11 is 0. The first-order valence-electron chi connectivity index (χ1n) is 7.01. The standard InChI is InChI=1S/C17H20N2O2/c1-6-15-14(9-11(3)18-19-15)16(20)13-8-7-10(2)12(4)17(13)21-5/h7-9H,6H2,1-5H3. The van der Waals surface area contributed by atoms with Crippen LogP contribution in [0.2, 0.25) is 0 Å². The van der Waals surface area contributed by atoms with Crippen LogP contribution in [-0.4, -0.2) is 23.1 Å². The maximum Gasteiger partial charge on any atom is 0.198 e. The van der Waals surface area contributed by atoms with Crippen molar-refractivity contribution in [3.05, 3.63) is 51.8 Å². The van der Waals surface area contributed by atoms with Gasteiger partial charge in [0.25, 0.3) is 0 Å². The summed E-state index contributed by atoms with van der Waals surface area (Å²) in [5, 5.41) is 8.15.